The van der Waals surface area contributed by atoms with Crippen LogP contribution in [0.1, 0.15) is 19.3 Å². The van der Waals surface area contributed by atoms with E-state index in [1.807, 2.05) is 0 Å². The molecule has 1 N–H and O–H groups in total. The maximum atomic E-state index is 12.4. The summed E-state index contributed by atoms with van der Waals surface area (Å²) in [6, 6.07) is 4.33. The molecule has 8 nitrogen and oxygen atoms in total. The van der Waals surface area contributed by atoms with E-state index in [0.717, 1.165) is 19.3 Å². The fraction of sp³-hybridized carbons (Fsp3) is 0.600. The van der Waals surface area contributed by atoms with Crippen LogP contribution in [-0.2, 0) is 20.0 Å². The van der Waals surface area contributed by atoms with Crippen molar-refractivity contribution in [1.82, 2.24) is 9.03 Å². The number of rotatable bonds is 6. The fourth-order valence-electron chi connectivity index (χ4n) is 2.85. The topological polar surface area (TPSA) is 102 Å². The highest BCUT2D eigenvalue weighted by molar-refractivity contribution is 7.90. The van der Waals surface area contributed by atoms with Gasteiger partial charge in [-0.2, -0.15) is 0 Å². The molecule has 140 valence electrons. The molecule has 1 saturated heterocycles. The number of hydrogen-bond acceptors (Lipinski definition) is 6. The summed E-state index contributed by atoms with van der Waals surface area (Å²) in [4.78, 5) is 0.0205. The van der Waals surface area contributed by atoms with Crippen molar-refractivity contribution in [3.05, 3.63) is 18.2 Å². The van der Waals surface area contributed by atoms with E-state index in [-0.39, 0.29) is 17.2 Å². The summed E-state index contributed by atoms with van der Waals surface area (Å²) in [7, 11) is -7.26. The lowest BCUT2D eigenvalue weighted by Crippen LogP contribution is -2.40. The number of ether oxygens (including phenoxy) is 2. The maximum absolute atomic E-state index is 12.4. The van der Waals surface area contributed by atoms with Crippen LogP contribution in [0.15, 0.2) is 23.1 Å². The summed E-state index contributed by atoms with van der Waals surface area (Å²) >= 11 is 0. The summed E-state index contributed by atoms with van der Waals surface area (Å²) in [6.45, 7) is 1.63. The Morgan fingerprint density at radius 2 is 1.64 bits per heavy atom. The molecule has 0 unspecified atom stereocenters. The Labute approximate surface area is 148 Å². The minimum atomic E-state index is -3.82. The largest absolute Gasteiger partial charge is 0.486 e. The third-order valence-electron chi connectivity index (χ3n) is 4.18. The standard InChI is InChI=1S/C15H22N2O6S2/c18-24(19,17-7-2-1-3-8-17)11-6-16-25(20,21)13-4-5-14-15(12-13)23-10-9-22-14/h4-5,12,16H,1-3,6-11H2. The second kappa shape index (κ2) is 7.48. The van der Waals surface area contributed by atoms with E-state index in [1.165, 1.54) is 22.5 Å². The lowest BCUT2D eigenvalue weighted by Gasteiger charge is -2.25. The Morgan fingerprint density at radius 3 is 2.36 bits per heavy atom. The van der Waals surface area contributed by atoms with Crippen LogP contribution in [0.2, 0.25) is 0 Å². The van der Waals surface area contributed by atoms with Gasteiger partial charge >= 0.3 is 0 Å². The van der Waals surface area contributed by atoms with Gasteiger partial charge in [0.05, 0.1) is 10.6 Å². The van der Waals surface area contributed by atoms with Gasteiger partial charge in [0.25, 0.3) is 0 Å². The molecular formula is C15H22N2O6S2. The Hall–Kier alpha value is -1.36. The van der Waals surface area contributed by atoms with Gasteiger partial charge in [-0.05, 0) is 25.0 Å². The summed E-state index contributed by atoms with van der Waals surface area (Å²) in [6.07, 6.45) is 2.73. The second-order valence-corrected chi connectivity index (χ2v) is 9.83. The number of benzene rings is 1. The molecule has 1 aromatic rings. The number of sulfonamides is 2. The molecule has 2 aliphatic heterocycles. The lowest BCUT2D eigenvalue weighted by atomic mass is 10.2. The summed E-state index contributed by atoms with van der Waals surface area (Å²) in [5.74, 6) is 0.615. The number of piperidine rings is 1. The van der Waals surface area contributed by atoms with Crippen molar-refractivity contribution in [2.75, 3.05) is 38.6 Å². The number of nitrogens with zero attached hydrogens (tertiary/aromatic N) is 1. The second-order valence-electron chi connectivity index (χ2n) is 5.98. The SMILES string of the molecule is O=S(=O)(NCCS(=O)(=O)N1CCCCC1)c1ccc2c(c1)OCCO2. The molecule has 10 heteroatoms. The van der Waals surface area contributed by atoms with Crippen LogP contribution in [0.25, 0.3) is 0 Å². The molecule has 0 saturated carbocycles. The van der Waals surface area contributed by atoms with Crippen molar-refractivity contribution in [1.29, 1.82) is 0 Å². The minimum absolute atomic E-state index is 0.0205. The first-order valence-electron chi connectivity index (χ1n) is 8.26. The highest BCUT2D eigenvalue weighted by Gasteiger charge is 2.25. The van der Waals surface area contributed by atoms with Crippen LogP contribution in [0.3, 0.4) is 0 Å². The summed E-state index contributed by atoms with van der Waals surface area (Å²) in [5, 5.41) is 0. The maximum Gasteiger partial charge on any atom is 0.240 e. The van der Waals surface area contributed by atoms with Crippen molar-refractivity contribution in [3.63, 3.8) is 0 Å². The first-order valence-corrected chi connectivity index (χ1v) is 11.3. The Balaban J connectivity index is 1.62. The predicted molar refractivity (Wildman–Crippen MR) is 91.8 cm³/mol. The molecule has 3 rings (SSSR count). The lowest BCUT2D eigenvalue weighted by molar-refractivity contribution is 0.171. The van der Waals surface area contributed by atoms with Crippen molar-refractivity contribution < 1.29 is 26.3 Å². The molecule has 1 aromatic carbocycles. The van der Waals surface area contributed by atoms with Gasteiger partial charge in [-0.15, -0.1) is 0 Å². The van der Waals surface area contributed by atoms with Crippen LogP contribution >= 0.6 is 0 Å². The van der Waals surface area contributed by atoms with Gasteiger partial charge in [0.15, 0.2) is 11.5 Å². The number of nitrogens with one attached hydrogen (secondary N) is 1. The molecule has 0 bridgehead atoms. The van der Waals surface area contributed by atoms with E-state index in [1.54, 1.807) is 0 Å². The van der Waals surface area contributed by atoms with Gasteiger partial charge in [-0.1, -0.05) is 6.42 Å². The average molecular weight is 390 g/mol. The smallest absolute Gasteiger partial charge is 0.240 e. The van der Waals surface area contributed by atoms with Crippen LogP contribution in [0.5, 0.6) is 11.5 Å². The zero-order chi connectivity index (χ0) is 17.9. The Morgan fingerprint density at radius 1 is 0.960 bits per heavy atom. The van der Waals surface area contributed by atoms with Crippen LogP contribution in [0.4, 0.5) is 0 Å². The van der Waals surface area contributed by atoms with Gasteiger partial charge < -0.3 is 9.47 Å². The molecule has 0 atom stereocenters. The molecule has 25 heavy (non-hydrogen) atoms. The third-order valence-corrected chi connectivity index (χ3v) is 7.52. The number of hydrogen-bond donors (Lipinski definition) is 1. The highest BCUT2D eigenvalue weighted by Crippen LogP contribution is 2.32. The third kappa shape index (κ3) is 4.43. The highest BCUT2D eigenvalue weighted by atomic mass is 32.2. The summed E-state index contributed by atoms with van der Waals surface area (Å²) in [5.41, 5.74) is 0. The predicted octanol–water partition coefficient (Wildman–Crippen LogP) is 0.552. The van der Waals surface area contributed by atoms with Crippen LogP contribution in [-0.4, -0.2) is 59.7 Å². The van der Waals surface area contributed by atoms with Crippen LogP contribution < -0.4 is 14.2 Å². The molecule has 1 fully saturated rings. The van der Waals surface area contributed by atoms with E-state index in [0.29, 0.717) is 37.8 Å². The van der Waals surface area contributed by atoms with Gasteiger partial charge in [0.2, 0.25) is 20.0 Å². The van der Waals surface area contributed by atoms with Crippen molar-refractivity contribution in [2.45, 2.75) is 24.2 Å². The van der Waals surface area contributed by atoms with Gasteiger partial charge in [-0.3, -0.25) is 0 Å². The van der Waals surface area contributed by atoms with Gasteiger partial charge in [0, 0.05) is 25.7 Å². The molecule has 2 aliphatic rings. The van der Waals surface area contributed by atoms with E-state index >= 15 is 0 Å². The minimum Gasteiger partial charge on any atom is -0.486 e. The molecule has 0 spiro atoms. The van der Waals surface area contributed by atoms with Gasteiger partial charge in [-0.25, -0.2) is 25.9 Å². The Bertz CT molecular complexity index is 816. The molecule has 0 radical (unpaired) electrons. The average Bonchev–Trinajstić information content (AvgIpc) is 2.61. The van der Waals surface area contributed by atoms with Crippen molar-refractivity contribution in [3.8, 4) is 11.5 Å². The molecule has 2 heterocycles. The molecule has 0 aliphatic carbocycles. The summed E-state index contributed by atoms with van der Waals surface area (Å²) < 4.78 is 63.8. The van der Waals surface area contributed by atoms with Crippen molar-refractivity contribution >= 4 is 20.0 Å². The molecule has 0 amide bonds. The van der Waals surface area contributed by atoms with E-state index in [9.17, 15) is 16.8 Å². The van der Waals surface area contributed by atoms with E-state index < -0.39 is 20.0 Å². The Kier molecular flexibility index (Phi) is 5.52. The number of fused-ring (bicyclic) bond motifs is 1. The monoisotopic (exact) mass is 390 g/mol. The molecule has 0 aromatic heterocycles. The van der Waals surface area contributed by atoms with E-state index in [4.69, 9.17) is 9.47 Å². The zero-order valence-corrected chi connectivity index (χ0v) is 15.4. The van der Waals surface area contributed by atoms with E-state index in [2.05, 4.69) is 4.72 Å². The van der Waals surface area contributed by atoms with Crippen LogP contribution in [0, 0.1) is 0 Å². The fourth-order valence-corrected chi connectivity index (χ4v) is 5.46. The molecular weight excluding hydrogens is 368 g/mol. The van der Waals surface area contributed by atoms with Gasteiger partial charge in [0.1, 0.15) is 13.2 Å². The normalized spacial score (nSPS) is 18.9. The van der Waals surface area contributed by atoms with Crippen molar-refractivity contribution in [2.24, 2.45) is 0 Å². The first-order chi connectivity index (χ1) is 11.9. The quantitative estimate of drug-likeness (QED) is 0.761. The zero-order valence-electron chi connectivity index (χ0n) is 13.8. The first kappa shape index (κ1) is 18.4.